The molecule has 2 aromatic rings. The quantitative estimate of drug-likeness (QED) is 0.808. The maximum Gasteiger partial charge on any atom is 0.242 e. The van der Waals surface area contributed by atoms with Crippen molar-refractivity contribution in [2.24, 2.45) is 13.0 Å². The van der Waals surface area contributed by atoms with E-state index in [4.69, 9.17) is 4.74 Å². The van der Waals surface area contributed by atoms with Crippen molar-refractivity contribution < 1.29 is 9.53 Å². The molecule has 0 bridgehead atoms. The molecule has 1 aliphatic carbocycles. The van der Waals surface area contributed by atoms with Crippen LogP contribution in [0.4, 0.5) is 0 Å². The Morgan fingerprint density at radius 3 is 2.88 bits per heavy atom. The van der Waals surface area contributed by atoms with Crippen LogP contribution in [0, 0.1) is 19.8 Å². The van der Waals surface area contributed by atoms with Gasteiger partial charge in [-0.1, -0.05) is 12.2 Å². The number of nitrogens with one attached hydrogen (secondary N) is 1. The molecule has 1 N–H and O–H groups in total. The summed E-state index contributed by atoms with van der Waals surface area (Å²) in [6, 6.07) is 0. The molecule has 1 aliphatic rings. The Labute approximate surface area is 154 Å². The number of ether oxygens (including phenoxy) is 1. The monoisotopic (exact) mass is 356 g/mol. The number of fused-ring (bicyclic) bond motifs is 1. The van der Waals surface area contributed by atoms with Gasteiger partial charge in [0.25, 0.3) is 0 Å². The van der Waals surface area contributed by atoms with Gasteiger partial charge in [0.1, 0.15) is 0 Å². The topological polar surface area (TPSA) is 69.0 Å². The molecule has 3 rings (SSSR count). The van der Waals surface area contributed by atoms with Gasteiger partial charge >= 0.3 is 0 Å². The summed E-state index contributed by atoms with van der Waals surface area (Å²) in [5.74, 6) is 1.27. The van der Waals surface area contributed by atoms with Crippen LogP contribution in [0.5, 0.6) is 5.88 Å². The largest absolute Gasteiger partial charge is 0.479 e. The SMILES string of the molecule is COc1nn(C)c2nc(C)c(CCC(=O)NC[C@@H]3CC=CCC3)c(C)c12. The van der Waals surface area contributed by atoms with Crippen LogP contribution in [0.25, 0.3) is 11.0 Å². The highest BCUT2D eigenvalue weighted by Gasteiger charge is 2.18. The summed E-state index contributed by atoms with van der Waals surface area (Å²) in [6.45, 7) is 4.82. The third-order valence-corrected chi connectivity index (χ3v) is 5.28. The predicted molar refractivity (Wildman–Crippen MR) is 102 cm³/mol. The highest BCUT2D eigenvalue weighted by molar-refractivity contribution is 5.86. The van der Waals surface area contributed by atoms with Crippen LogP contribution in [-0.2, 0) is 18.3 Å². The number of aromatic nitrogens is 3. The van der Waals surface area contributed by atoms with Crippen LogP contribution in [0.15, 0.2) is 12.2 Å². The van der Waals surface area contributed by atoms with E-state index in [9.17, 15) is 4.79 Å². The number of carbonyl (C=O) groups is 1. The molecule has 140 valence electrons. The number of aryl methyl sites for hydroxylation is 3. The number of hydrogen-bond acceptors (Lipinski definition) is 4. The number of amides is 1. The van der Waals surface area contributed by atoms with Crippen molar-refractivity contribution in [1.82, 2.24) is 20.1 Å². The molecule has 0 saturated heterocycles. The molecular weight excluding hydrogens is 328 g/mol. The Balaban J connectivity index is 1.68. The molecule has 1 amide bonds. The van der Waals surface area contributed by atoms with Gasteiger partial charge < -0.3 is 10.1 Å². The third-order valence-electron chi connectivity index (χ3n) is 5.28. The van der Waals surface area contributed by atoms with E-state index >= 15 is 0 Å². The van der Waals surface area contributed by atoms with Crippen LogP contribution < -0.4 is 10.1 Å². The molecule has 0 aliphatic heterocycles. The number of rotatable bonds is 6. The lowest BCUT2D eigenvalue weighted by Crippen LogP contribution is -2.29. The normalized spacial score (nSPS) is 16.8. The summed E-state index contributed by atoms with van der Waals surface area (Å²) in [7, 11) is 3.49. The molecule has 6 nitrogen and oxygen atoms in total. The molecule has 2 aromatic heterocycles. The van der Waals surface area contributed by atoms with Crippen LogP contribution in [0.3, 0.4) is 0 Å². The zero-order valence-corrected chi connectivity index (χ0v) is 16.1. The lowest BCUT2D eigenvalue weighted by molar-refractivity contribution is -0.121. The number of allylic oxidation sites excluding steroid dienone is 2. The second-order valence-electron chi connectivity index (χ2n) is 7.09. The average Bonchev–Trinajstić information content (AvgIpc) is 2.96. The molecule has 0 aromatic carbocycles. The summed E-state index contributed by atoms with van der Waals surface area (Å²) in [5.41, 5.74) is 3.98. The fraction of sp³-hybridized carbons (Fsp3) is 0.550. The first-order chi connectivity index (χ1) is 12.5. The Morgan fingerprint density at radius 1 is 1.38 bits per heavy atom. The number of nitrogens with zero attached hydrogens (tertiary/aromatic N) is 3. The fourth-order valence-corrected chi connectivity index (χ4v) is 3.73. The van der Waals surface area contributed by atoms with Crippen molar-refractivity contribution in [2.45, 2.75) is 46.0 Å². The van der Waals surface area contributed by atoms with Crippen molar-refractivity contribution in [1.29, 1.82) is 0 Å². The average molecular weight is 356 g/mol. The van der Waals surface area contributed by atoms with Crippen molar-refractivity contribution in [3.05, 3.63) is 29.0 Å². The van der Waals surface area contributed by atoms with Gasteiger partial charge in [-0.15, -0.1) is 5.10 Å². The predicted octanol–water partition coefficient (Wildman–Crippen LogP) is 3.00. The van der Waals surface area contributed by atoms with Gasteiger partial charge in [0.05, 0.1) is 12.5 Å². The summed E-state index contributed by atoms with van der Waals surface area (Å²) >= 11 is 0. The lowest BCUT2D eigenvalue weighted by Gasteiger charge is -2.18. The van der Waals surface area contributed by atoms with E-state index in [2.05, 4.69) is 34.5 Å². The Kier molecular flexibility index (Phi) is 5.59. The highest BCUT2D eigenvalue weighted by atomic mass is 16.5. The van der Waals surface area contributed by atoms with E-state index in [0.29, 0.717) is 24.6 Å². The molecule has 0 fully saturated rings. The van der Waals surface area contributed by atoms with E-state index in [0.717, 1.165) is 53.7 Å². The van der Waals surface area contributed by atoms with Gasteiger partial charge in [-0.2, -0.15) is 0 Å². The molecular formula is C20H28N4O2. The fourth-order valence-electron chi connectivity index (χ4n) is 3.73. The maximum absolute atomic E-state index is 12.3. The van der Waals surface area contributed by atoms with Crippen molar-refractivity contribution in [2.75, 3.05) is 13.7 Å². The summed E-state index contributed by atoms with van der Waals surface area (Å²) in [6.07, 6.45) is 8.94. The van der Waals surface area contributed by atoms with Gasteiger partial charge in [0.2, 0.25) is 11.8 Å². The molecule has 0 unspecified atom stereocenters. The first-order valence-electron chi connectivity index (χ1n) is 9.29. The van der Waals surface area contributed by atoms with Crippen LogP contribution in [0.1, 0.15) is 42.5 Å². The maximum atomic E-state index is 12.3. The van der Waals surface area contributed by atoms with Gasteiger partial charge in [-0.05, 0) is 56.6 Å². The zero-order valence-electron chi connectivity index (χ0n) is 16.1. The highest BCUT2D eigenvalue weighted by Crippen LogP contribution is 2.30. The molecule has 0 spiro atoms. The smallest absolute Gasteiger partial charge is 0.242 e. The van der Waals surface area contributed by atoms with E-state index in [-0.39, 0.29) is 5.91 Å². The molecule has 0 radical (unpaired) electrons. The lowest BCUT2D eigenvalue weighted by atomic mass is 9.94. The van der Waals surface area contributed by atoms with E-state index in [1.807, 2.05) is 14.0 Å². The van der Waals surface area contributed by atoms with Gasteiger partial charge in [-0.3, -0.25) is 4.79 Å². The minimum absolute atomic E-state index is 0.108. The minimum atomic E-state index is 0.108. The Morgan fingerprint density at radius 2 is 2.19 bits per heavy atom. The van der Waals surface area contributed by atoms with E-state index in [1.54, 1.807) is 11.8 Å². The molecule has 6 heteroatoms. The van der Waals surface area contributed by atoms with Crippen LogP contribution in [0.2, 0.25) is 0 Å². The molecule has 26 heavy (non-hydrogen) atoms. The molecule has 0 saturated carbocycles. The number of methoxy groups -OCH3 is 1. The second kappa shape index (κ2) is 7.89. The van der Waals surface area contributed by atoms with E-state index < -0.39 is 0 Å². The van der Waals surface area contributed by atoms with Crippen LogP contribution in [-0.4, -0.2) is 34.3 Å². The van der Waals surface area contributed by atoms with Crippen molar-refractivity contribution in [3.8, 4) is 5.88 Å². The standard InChI is InChI=1S/C20H28N4O2/c1-13-16(10-11-17(25)21-12-15-8-6-5-7-9-15)14(2)22-19-18(13)20(26-4)23-24(19)3/h5-6,15H,7-12H2,1-4H3,(H,21,25)/t15-/m1/s1. The van der Waals surface area contributed by atoms with Crippen LogP contribution >= 0.6 is 0 Å². The number of carbonyl (C=O) groups excluding carboxylic acids is 1. The summed E-state index contributed by atoms with van der Waals surface area (Å²) in [5, 5.41) is 8.40. The third kappa shape index (κ3) is 3.74. The number of hydrogen-bond donors (Lipinski definition) is 1. The minimum Gasteiger partial charge on any atom is -0.479 e. The van der Waals surface area contributed by atoms with Crippen molar-refractivity contribution in [3.63, 3.8) is 0 Å². The van der Waals surface area contributed by atoms with Gasteiger partial charge in [0, 0.05) is 25.7 Å². The Bertz CT molecular complexity index is 838. The first kappa shape index (κ1) is 18.4. The van der Waals surface area contributed by atoms with E-state index in [1.165, 1.54) is 0 Å². The number of pyridine rings is 1. The van der Waals surface area contributed by atoms with Crippen molar-refractivity contribution >= 4 is 16.9 Å². The summed E-state index contributed by atoms with van der Waals surface area (Å²) < 4.78 is 7.14. The zero-order chi connectivity index (χ0) is 18.7. The Hall–Kier alpha value is -2.37. The van der Waals surface area contributed by atoms with Gasteiger partial charge in [0.15, 0.2) is 5.65 Å². The summed E-state index contributed by atoms with van der Waals surface area (Å²) in [4.78, 5) is 17.0. The molecule has 2 heterocycles. The first-order valence-corrected chi connectivity index (χ1v) is 9.29. The second-order valence-corrected chi connectivity index (χ2v) is 7.09. The van der Waals surface area contributed by atoms with Gasteiger partial charge in [-0.25, -0.2) is 9.67 Å². The molecule has 1 atom stereocenters.